The monoisotopic (exact) mass is 332 g/mol. The molecule has 0 radical (unpaired) electrons. The van der Waals surface area contributed by atoms with Crippen molar-refractivity contribution < 1.29 is 18.6 Å². The SMILES string of the molecule is CCC=CCCOc1cccc2oc(=O)c(OC(C)C)c(OC)c12. The first-order valence-corrected chi connectivity index (χ1v) is 8.16. The lowest BCUT2D eigenvalue weighted by Crippen LogP contribution is -2.15. The summed E-state index contributed by atoms with van der Waals surface area (Å²) in [7, 11) is 1.50. The lowest BCUT2D eigenvalue weighted by Gasteiger charge is -2.15. The summed E-state index contributed by atoms with van der Waals surface area (Å²) in [6.07, 6.45) is 5.81. The summed E-state index contributed by atoms with van der Waals surface area (Å²) in [4.78, 5) is 12.2. The van der Waals surface area contributed by atoms with Gasteiger partial charge in [-0.05, 0) is 38.8 Å². The van der Waals surface area contributed by atoms with Crippen LogP contribution in [0.25, 0.3) is 11.0 Å². The Hall–Kier alpha value is -2.43. The van der Waals surface area contributed by atoms with Gasteiger partial charge in [-0.15, -0.1) is 0 Å². The predicted octanol–water partition coefficient (Wildman–Crippen LogP) is 4.32. The Morgan fingerprint density at radius 1 is 1.21 bits per heavy atom. The molecule has 2 aromatic rings. The van der Waals surface area contributed by atoms with Gasteiger partial charge in [0.05, 0.1) is 19.8 Å². The fourth-order valence-electron chi connectivity index (χ4n) is 2.35. The molecule has 1 heterocycles. The van der Waals surface area contributed by atoms with Gasteiger partial charge in [-0.1, -0.05) is 25.1 Å². The quantitative estimate of drug-likeness (QED) is 0.409. The van der Waals surface area contributed by atoms with Crippen LogP contribution in [0.15, 0.2) is 39.6 Å². The van der Waals surface area contributed by atoms with Crippen molar-refractivity contribution >= 4 is 11.0 Å². The van der Waals surface area contributed by atoms with Gasteiger partial charge in [0, 0.05) is 0 Å². The average molecular weight is 332 g/mol. The Kier molecular flexibility index (Phi) is 6.29. The molecule has 2 rings (SSSR count). The van der Waals surface area contributed by atoms with E-state index in [1.807, 2.05) is 19.9 Å². The molecule has 0 saturated carbocycles. The van der Waals surface area contributed by atoms with E-state index in [2.05, 4.69) is 19.1 Å². The maximum Gasteiger partial charge on any atom is 0.383 e. The van der Waals surface area contributed by atoms with E-state index in [1.54, 1.807) is 12.1 Å². The average Bonchev–Trinajstić information content (AvgIpc) is 2.55. The van der Waals surface area contributed by atoms with E-state index in [-0.39, 0.29) is 11.9 Å². The summed E-state index contributed by atoms with van der Waals surface area (Å²) in [5.41, 5.74) is -0.148. The van der Waals surface area contributed by atoms with Crippen LogP contribution in [0.5, 0.6) is 17.2 Å². The molecule has 24 heavy (non-hydrogen) atoms. The molecule has 130 valence electrons. The summed E-state index contributed by atoms with van der Waals surface area (Å²) in [5, 5.41) is 0.606. The molecule has 0 saturated heterocycles. The van der Waals surface area contributed by atoms with Crippen LogP contribution in [0.4, 0.5) is 0 Å². The van der Waals surface area contributed by atoms with E-state index >= 15 is 0 Å². The highest BCUT2D eigenvalue weighted by molar-refractivity contribution is 5.91. The summed E-state index contributed by atoms with van der Waals surface area (Å²) in [5.74, 6) is 1.02. The van der Waals surface area contributed by atoms with Crippen molar-refractivity contribution in [3.63, 3.8) is 0 Å². The minimum absolute atomic E-state index is 0.0712. The van der Waals surface area contributed by atoms with Crippen LogP contribution in [-0.2, 0) is 0 Å². The molecule has 1 aromatic heterocycles. The van der Waals surface area contributed by atoms with Gasteiger partial charge in [0.2, 0.25) is 5.75 Å². The Bertz CT molecular complexity index is 758. The van der Waals surface area contributed by atoms with Crippen molar-refractivity contribution in [3.05, 3.63) is 40.8 Å². The number of hydrogen-bond donors (Lipinski definition) is 0. The first-order valence-electron chi connectivity index (χ1n) is 8.16. The highest BCUT2D eigenvalue weighted by Gasteiger charge is 2.21. The molecule has 0 amide bonds. The zero-order chi connectivity index (χ0) is 17.5. The Labute approximate surface area is 141 Å². The predicted molar refractivity (Wildman–Crippen MR) is 94.3 cm³/mol. The smallest absolute Gasteiger partial charge is 0.383 e. The van der Waals surface area contributed by atoms with E-state index in [1.165, 1.54) is 7.11 Å². The van der Waals surface area contributed by atoms with Crippen LogP contribution in [-0.4, -0.2) is 19.8 Å². The molecule has 0 N–H and O–H groups in total. The molecule has 0 spiro atoms. The first-order chi connectivity index (χ1) is 11.6. The molecule has 0 bridgehead atoms. The number of fused-ring (bicyclic) bond motifs is 1. The number of allylic oxidation sites excluding steroid dienone is 1. The van der Waals surface area contributed by atoms with Crippen LogP contribution in [0.3, 0.4) is 0 Å². The fourth-order valence-corrected chi connectivity index (χ4v) is 2.35. The van der Waals surface area contributed by atoms with Crippen LogP contribution >= 0.6 is 0 Å². The van der Waals surface area contributed by atoms with Crippen LogP contribution < -0.4 is 19.8 Å². The van der Waals surface area contributed by atoms with Crippen LogP contribution in [0, 0.1) is 0 Å². The normalized spacial score (nSPS) is 11.4. The standard InChI is InChI=1S/C19H24O5/c1-5-6-7-8-12-22-14-10-9-11-15-16(14)17(21-4)18(19(20)24-15)23-13(2)3/h6-7,9-11,13H,5,8,12H2,1-4H3. The van der Waals surface area contributed by atoms with E-state index in [9.17, 15) is 4.79 Å². The minimum Gasteiger partial charge on any atom is -0.492 e. The number of methoxy groups -OCH3 is 1. The van der Waals surface area contributed by atoms with E-state index in [0.29, 0.717) is 29.1 Å². The number of benzene rings is 1. The maximum atomic E-state index is 12.2. The van der Waals surface area contributed by atoms with Crippen molar-refractivity contribution in [1.29, 1.82) is 0 Å². The van der Waals surface area contributed by atoms with Crippen LogP contribution in [0.2, 0.25) is 0 Å². The molecule has 0 atom stereocenters. The number of rotatable bonds is 8. The third kappa shape index (κ3) is 4.10. The van der Waals surface area contributed by atoms with E-state index < -0.39 is 5.63 Å². The molecule has 0 aliphatic rings. The van der Waals surface area contributed by atoms with Gasteiger partial charge in [-0.2, -0.15) is 0 Å². The zero-order valence-electron chi connectivity index (χ0n) is 14.6. The van der Waals surface area contributed by atoms with Gasteiger partial charge in [0.25, 0.3) is 0 Å². The summed E-state index contributed by atoms with van der Waals surface area (Å²) in [6, 6.07) is 5.32. The van der Waals surface area contributed by atoms with E-state index in [0.717, 1.165) is 12.8 Å². The number of ether oxygens (including phenoxy) is 3. The van der Waals surface area contributed by atoms with Crippen molar-refractivity contribution in [3.8, 4) is 17.2 Å². The molecule has 1 aromatic carbocycles. The van der Waals surface area contributed by atoms with Gasteiger partial charge < -0.3 is 18.6 Å². The van der Waals surface area contributed by atoms with Gasteiger partial charge in [-0.25, -0.2) is 4.79 Å². The molecule has 5 heteroatoms. The Morgan fingerprint density at radius 2 is 2.00 bits per heavy atom. The van der Waals surface area contributed by atoms with Crippen molar-refractivity contribution in [1.82, 2.24) is 0 Å². The first kappa shape index (κ1) is 17.9. The summed E-state index contributed by atoms with van der Waals surface area (Å²) in [6.45, 7) is 6.29. The fraction of sp³-hybridized carbons (Fsp3) is 0.421. The molecular formula is C19H24O5. The van der Waals surface area contributed by atoms with Gasteiger partial charge in [0.1, 0.15) is 16.7 Å². The molecule has 5 nitrogen and oxygen atoms in total. The highest BCUT2D eigenvalue weighted by Crippen LogP contribution is 2.38. The summed E-state index contributed by atoms with van der Waals surface area (Å²) >= 11 is 0. The molecule has 0 unspecified atom stereocenters. The third-order valence-corrected chi connectivity index (χ3v) is 3.31. The lowest BCUT2D eigenvalue weighted by atomic mass is 10.2. The second kappa shape index (κ2) is 8.43. The summed E-state index contributed by atoms with van der Waals surface area (Å²) < 4.78 is 22.3. The second-order valence-electron chi connectivity index (χ2n) is 5.56. The van der Waals surface area contributed by atoms with Gasteiger partial charge in [0.15, 0.2) is 5.75 Å². The van der Waals surface area contributed by atoms with Crippen molar-refractivity contribution in [2.75, 3.05) is 13.7 Å². The Balaban J connectivity index is 2.45. The molecule has 0 fully saturated rings. The molecular weight excluding hydrogens is 308 g/mol. The maximum absolute atomic E-state index is 12.2. The third-order valence-electron chi connectivity index (χ3n) is 3.31. The van der Waals surface area contributed by atoms with E-state index in [4.69, 9.17) is 18.6 Å². The van der Waals surface area contributed by atoms with Crippen molar-refractivity contribution in [2.45, 2.75) is 39.7 Å². The number of hydrogen-bond acceptors (Lipinski definition) is 5. The van der Waals surface area contributed by atoms with Crippen LogP contribution in [0.1, 0.15) is 33.6 Å². The lowest BCUT2D eigenvalue weighted by molar-refractivity contribution is 0.219. The topological polar surface area (TPSA) is 57.9 Å². The Morgan fingerprint density at radius 3 is 2.67 bits per heavy atom. The zero-order valence-corrected chi connectivity index (χ0v) is 14.6. The largest absolute Gasteiger partial charge is 0.492 e. The molecule has 0 aliphatic heterocycles. The second-order valence-corrected chi connectivity index (χ2v) is 5.56. The highest BCUT2D eigenvalue weighted by atomic mass is 16.5. The van der Waals surface area contributed by atoms with Crippen molar-refractivity contribution in [2.24, 2.45) is 0 Å². The van der Waals surface area contributed by atoms with Gasteiger partial charge in [-0.3, -0.25) is 0 Å². The molecule has 0 aliphatic carbocycles. The van der Waals surface area contributed by atoms with Gasteiger partial charge >= 0.3 is 5.63 Å². The minimum atomic E-state index is -0.559.